The lowest BCUT2D eigenvalue weighted by molar-refractivity contribution is -0.129. The number of nitrogens with one attached hydrogen (secondary N) is 1. The van der Waals surface area contributed by atoms with Crippen molar-refractivity contribution in [1.82, 2.24) is 10.2 Å². The van der Waals surface area contributed by atoms with E-state index < -0.39 is 0 Å². The highest BCUT2D eigenvalue weighted by Crippen LogP contribution is 2.05. The van der Waals surface area contributed by atoms with Gasteiger partial charge in [-0.1, -0.05) is 12.8 Å². The van der Waals surface area contributed by atoms with Gasteiger partial charge in [-0.05, 0) is 32.2 Å². The predicted octanol–water partition coefficient (Wildman–Crippen LogP) is 2.60. The highest BCUT2D eigenvalue weighted by molar-refractivity contribution is 5.73. The zero-order valence-electron chi connectivity index (χ0n) is 13.2. The van der Waals surface area contributed by atoms with Gasteiger partial charge in [-0.2, -0.15) is 5.26 Å². The van der Waals surface area contributed by atoms with Crippen molar-refractivity contribution in [2.24, 2.45) is 0 Å². The van der Waals surface area contributed by atoms with E-state index in [4.69, 9.17) is 11.8 Å². The molecule has 0 aliphatic carbocycles. The molecular formula is C16H28N4O. The van der Waals surface area contributed by atoms with Gasteiger partial charge < -0.3 is 15.1 Å². The Morgan fingerprint density at radius 1 is 1.14 bits per heavy atom. The van der Waals surface area contributed by atoms with Crippen molar-refractivity contribution in [2.75, 3.05) is 32.7 Å². The summed E-state index contributed by atoms with van der Waals surface area (Å²) in [6.45, 7) is 12.1. The van der Waals surface area contributed by atoms with Gasteiger partial charge >= 0.3 is 0 Å². The van der Waals surface area contributed by atoms with Crippen LogP contribution in [-0.2, 0) is 4.79 Å². The van der Waals surface area contributed by atoms with Crippen LogP contribution in [0.3, 0.4) is 0 Å². The van der Waals surface area contributed by atoms with E-state index in [9.17, 15) is 4.79 Å². The van der Waals surface area contributed by atoms with E-state index in [2.05, 4.69) is 16.2 Å². The van der Waals surface area contributed by atoms with Gasteiger partial charge in [0.1, 0.15) is 0 Å². The summed E-state index contributed by atoms with van der Waals surface area (Å²) in [6, 6.07) is 2.15. The first-order valence-electron chi connectivity index (χ1n) is 7.88. The molecule has 0 unspecified atom stereocenters. The molecule has 0 heterocycles. The van der Waals surface area contributed by atoms with E-state index in [0.717, 1.165) is 64.7 Å². The lowest BCUT2D eigenvalue weighted by Crippen LogP contribution is -2.31. The molecule has 118 valence electrons. The first-order valence-corrected chi connectivity index (χ1v) is 7.88. The van der Waals surface area contributed by atoms with Crippen LogP contribution >= 0.6 is 0 Å². The fourth-order valence-electron chi connectivity index (χ4n) is 2.10. The summed E-state index contributed by atoms with van der Waals surface area (Å²) in [7, 11) is 0. The molecule has 0 saturated heterocycles. The predicted molar refractivity (Wildman–Crippen MR) is 84.5 cm³/mol. The van der Waals surface area contributed by atoms with Gasteiger partial charge in [0.2, 0.25) is 12.5 Å². The second-order valence-corrected chi connectivity index (χ2v) is 5.17. The minimum atomic E-state index is 0.146. The standard InChI is InChI=1S/C16H28N4O/c1-16(21)20(14-8-5-3-4-6-10-17)15-9-7-11-19-13-12-18-2/h19H,3-9,11-15H2,1H3. The molecule has 0 aliphatic heterocycles. The molecule has 0 aromatic carbocycles. The molecular weight excluding hydrogens is 264 g/mol. The third kappa shape index (κ3) is 13.2. The summed E-state index contributed by atoms with van der Waals surface area (Å²) in [4.78, 5) is 16.8. The summed E-state index contributed by atoms with van der Waals surface area (Å²) in [6.07, 6.45) is 6.81. The Bertz CT molecular complexity index is 343. The fraction of sp³-hybridized carbons (Fsp3) is 0.812. The number of carbonyl (C=O) groups is 1. The molecule has 5 nitrogen and oxygen atoms in total. The highest BCUT2D eigenvalue weighted by Gasteiger charge is 2.07. The number of hydrogen-bond acceptors (Lipinski definition) is 3. The molecule has 0 saturated carbocycles. The van der Waals surface area contributed by atoms with Gasteiger partial charge in [0.05, 0.1) is 12.6 Å². The van der Waals surface area contributed by atoms with Gasteiger partial charge in [-0.3, -0.25) is 4.79 Å². The van der Waals surface area contributed by atoms with Crippen molar-refractivity contribution in [3.05, 3.63) is 11.4 Å². The second kappa shape index (κ2) is 14.8. The maximum atomic E-state index is 11.5. The number of unbranched alkanes of at least 4 members (excludes halogenated alkanes) is 5. The molecule has 0 radical (unpaired) electrons. The van der Waals surface area contributed by atoms with Crippen LogP contribution in [0.2, 0.25) is 0 Å². The van der Waals surface area contributed by atoms with E-state index in [1.807, 2.05) is 4.90 Å². The molecule has 1 amide bonds. The molecule has 0 aromatic rings. The number of amides is 1. The zero-order valence-corrected chi connectivity index (χ0v) is 13.2. The number of carbonyl (C=O) groups excluding carboxylic acids is 1. The molecule has 5 heteroatoms. The van der Waals surface area contributed by atoms with Crippen LogP contribution in [0.5, 0.6) is 0 Å². The van der Waals surface area contributed by atoms with Crippen LogP contribution in [0.4, 0.5) is 0 Å². The van der Waals surface area contributed by atoms with E-state index in [-0.39, 0.29) is 5.91 Å². The van der Waals surface area contributed by atoms with Crippen molar-refractivity contribution in [3.63, 3.8) is 0 Å². The Hall–Kier alpha value is -1.59. The summed E-state index contributed by atoms with van der Waals surface area (Å²) in [5, 5.41) is 11.7. The molecule has 21 heavy (non-hydrogen) atoms. The van der Waals surface area contributed by atoms with Gasteiger partial charge in [0, 0.05) is 26.4 Å². The molecule has 0 fully saturated rings. The monoisotopic (exact) mass is 292 g/mol. The number of hydrogen-bond donors (Lipinski definition) is 1. The molecule has 0 bridgehead atoms. The van der Waals surface area contributed by atoms with Gasteiger partial charge in [0.15, 0.2) is 0 Å². The van der Waals surface area contributed by atoms with E-state index in [1.165, 1.54) is 0 Å². The van der Waals surface area contributed by atoms with E-state index >= 15 is 0 Å². The first-order chi connectivity index (χ1) is 10.2. The minimum Gasteiger partial charge on any atom is -0.343 e. The summed E-state index contributed by atoms with van der Waals surface area (Å²) in [5.74, 6) is 0.146. The van der Waals surface area contributed by atoms with Crippen LogP contribution in [0, 0.1) is 17.9 Å². The third-order valence-corrected chi connectivity index (χ3v) is 3.34. The third-order valence-electron chi connectivity index (χ3n) is 3.34. The van der Waals surface area contributed by atoms with Crippen LogP contribution in [0.1, 0.15) is 51.9 Å². The Morgan fingerprint density at radius 2 is 1.81 bits per heavy atom. The van der Waals surface area contributed by atoms with Crippen LogP contribution in [-0.4, -0.2) is 43.5 Å². The van der Waals surface area contributed by atoms with E-state index in [0.29, 0.717) is 13.0 Å². The molecule has 0 atom stereocenters. The molecule has 1 N–H and O–H groups in total. The zero-order chi connectivity index (χ0) is 15.8. The van der Waals surface area contributed by atoms with Crippen molar-refractivity contribution >= 4 is 5.91 Å². The van der Waals surface area contributed by atoms with Gasteiger partial charge in [0.25, 0.3) is 0 Å². The topological polar surface area (TPSA) is 60.5 Å². The van der Waals surface area contributed by atoms with Crippen LogP contribution < -0.4 is 5.32 Å². The maximum Gasteiger partial charge on any atom is 0.226 e. The Balaban J connectivity index is 3.57. The van der Waals surface area contributed by atoms with E-state index in [1.54, 1.807) is 6.92 Å². The molecule has 0 aromatic heterocycles. The van der Waals surface area contributed by atoms with Crippen molar-refractivity contribution in [3.8, 4) is 6.07 Å². The Kier molecular flexibility index (Phi) is 13.7. The summed E-state index contributed by atoms with van der Waals surface area (Å²) >= 11 is 0. The van der Waals surface area contributed by atoms with Crippen molar-refractivity contribution < 1.29 is 4.79 Å². The summed E-state index contributed by atoms with van der Waals surface area (Å²) < 4.78 is 0. The summed E-state index contributed by atoms with van der Waals surface area (Å²) in [5.41, 5.74) is 0. The number of nitriles is 1. The van der Waals surface area contributed by atoms with Gasteiger partial charge in [-0.25, -0.2) is 6.57 Å². The molecule has 0 spiro atoms. The first kappa shape index (κ1) is 19.4. The molecule has 0 aliphatic rings. The Morgan fingerprint density at radius 3 is 2.43 bits per heavy atom. The van der Waals surface area contributed by atoms with Crippen LogP contribution in [0.25, 0.3) is 4.85 Å². The smallest absolute Gasteiger partial charge is 0.226 e. The average molecular weight is 292 g/mol. The normalized spacial score (nSPS) is 9.86. The fourth-order valence-corrected chi connectivity index (χ4v) is 2.10. The quantitative estimate of drug-likeness (QED) is 0.419. The number of nitrogens with zero attached hydrogens (tertiary/aromatic N) is 3. The van der Waals surface area contributed by atoms with Crippen molar-refractivity contribution in [2.45, 2.75) is 51.9 Å². The van der Waals surface area contributed by atoms with Crippen molar-refractivity contribution in [1.29, 1.82) is 5.26 Å². The minimum absolute atomic E-state index is 0.146. The average Bonchev–Trinajstić information content (AvgIpc) is 2.47. The van der Waals surface area contributed by atoms with Crippen LogP contribution in [0.15, 0.2) is 0 Å². The van der Waals surface area contributed by atoms with Gasteiger partial charge in [-0.15, -0.1) is 0 Å². The lowest BCUT2D eigenvalue weighted by atomic mass is 10.1. The lowest BCUT2D eigenvalue weighted by Gasteiger charge is -2.21. The Labute approximate surface area is 129 Å². The SMILES string of the molecule is [C-]#[N+]CCNCCCCN(CCCCCCC#N)C(C)=O. The molecule has 0 rings (SSSR count). The number of rotatable bonds is 13. The highest BCUT2D eigenvalue weighted by atomic mass is 16.2. The largest absolute Gasteiger partial charge is 0.343 e. The maximum absolute atomic E-state index is 11.5. The second-order valence-electron chi connectivity index (χ2n) is 5.17.